The third-order valence-corrected chi connectivity index (χ3v) is 3.99. The van der Waals surface area contributed by atoms with Gasteiger partial charge in [-0.1, -0.05) is 36.7 Å². The molecular weight excluding hydrogens is 244 g/mol. The summed E-state index contributed by atoms with van der Waals surface area (Å²) in [6, 6.07) is 8.98. The molecule has 2 nitrogen and oxygen atoms in total. The van der Waals surface area contributed by atoms with Crippen LogP contribution in [0.25, 0.3) is 0 Å². The Morgan fingerprint density at radius 1 is 1.28 bits per heavy atom. The second kappa shape index (κ2) is 7.78. The zero-order chi connectivity index (χ0) is 13.5. The van der Waals surface area contributed by atoms with Gasteiger partial charge in [-0.3, -0.25) is 4.90 Å². The highest BCUT2D eigenvalue weighted by Gasteiger charge is 2.18. The standard InChI is InChI=1S/C15H25ClN2/c1-5-17-11-10-12(2)18(4)13(3)14-8-6-7-9-15(14)16/h6-9,12-13,17H,5,10-11H2,1-4H3. The lowest BCUT2D eigenvalue weighted by Crippen LogP contribution is -2.34. The minimum atomic E-state index is 0.343. The smallest absolute Gasteiger partial charge is 0.0453 e. The number of nitrogens with zero attached hydrogens (tertiary/aromatic N) is 1. The van der Waals surface area contributed by atoms with Crippen molar-refractivity contribution in [2.75, 3.05) is 20.1 Å². The first-order valence-electron chi connectivity index (χ1n) is 6.75. The maximum Gasteiger partial charge on any atom is 0.0453 e. The first-order chi connectivity index (χ1) is 8.57. The molecule has 2 unspecified atom stereocenters. The molecule has 2 atom stereocenters. The minimum absolute atomic E-state index is 0.343. The van der Waals surface area contributed by atoms with Crippen LogP contribution in [0.3, 0.4) is 0 Å². The topological polar surface area (TPSA) is 15.3 Å². The molecular formula is C15H25ClN2. The van der Waals surface area contributed by atoms with Crippen molar-refractivity contribution in [2.24, 2.45) is 0 Å². The van der Waals surface area contributed by atoms with Crippen LogP contribution < -0.4 is 5.32 Å². The van der Waals surface area contributed by atoms with E-state index in [9.17, 15) is 0 Å². The van der Waals surface area contributed by atoms with Crippen LogP contribution in [0.15, 0.2) is 24.3 Å². The molecule has 0 amide bonds. The van der Waals surface area contributed by atoms with Gasteiger partial charge >= 0.3 is 0 Å². The molecule has 0 aliphatic heterocycles. The van der Waals surface area contributed by atoms with Crippen LogP contribution in [0.2, 0.25) is 5.02 Å². The van der Waals surface area contributed by atoms with Gasteiger partial charge in [-0.2, -0.15) is 0 Å². The molecule has 0 fully saturated rings. The van der Waals surface area contributed by atoms with Crippen LogP contribution in [0.5, 0.6) is 0 Å². The molecule has 1 rings (SSSR count). The van der Waals surface area contributed by atoms with Gasteiger partial charge in [0.1, 0.15) is 0 Å². The Bertz CT molecular complexity index is 354. The van der Waals surface area contributed by atoms with Crippen molar-refractivity contribution in [3.63, 3.8) is 0 Å². The Morgan fingerprint density at radius 3 is 2.56 bits per heavy atom. The summed E-state index contributed by atoms with van der Waals surface area (Å²) in [5.74, 6) is 0. The molecule has 0 saturated heterocycles. The molecule has 0 aliphatic rings. The Labute approximate surface area is 116 Å². The van der Waals surface area contributed by atoms with E-state index >= 15 is 0 Å². The highest BCUT2D eigenvalue weighted by Crippen LogP contribution is 2.27. The van der Waals surface area contributed by atoms with Crippen molar-refractivity contribution < 1.29 is 0 Å². The van der Waals surface area contributed by atoms with Crippen LogP contribution in [0.1, 0.15) is 38.8 Å². The molecule has 1 aromatic rings. The van der Waals surface area contributed by atoms with E-state index in [1.54, 1.807) is 0 Å². The Balaban J connectivity index is 2.60. The van der Waals surface area contributed by atoms with Crippen LogP contribution in [0.4, 0.5) is 0 Å². The third kappa shape index (κ3) is 4.27. The van der Waals surface area contributed by atoms with E-state index in [0.717, 1.165) is 24.5 Å². The highest BCUT2D eigenvalue weighted by molar-refractivity contribution is 6.31. The fourth-order valence-electron chi connectivity index (χ4n) is 2.11. The molecule has 0 aliphatic carbocycles. The summed E-state index contributed by atoms with van der Waals surface area (Å²) < 4.78 is 0. The molecule has 0 bridgehead atoms. The zero-order valence-corrected chi connectivity index (χ0v) is 12.7. The normalized spacial score (nSPS) is 14.8. The van der Waals surface area contributed by atoms with Gasteiger partial charge in [0, 0.05) is 17.1 Å². The Hall–Kier alpha value is -0.570. The third-order valence-electron chi connectivity index (χ3n) is 3.65. The predicted octanol–water partition coefficient (Wildman–Crippen LogP) is 3.72. The van der Waals surface area contributed by atoms with E-state index in [-0.39, 0.29) is 0 Å². The second-order valence-electron chi connectivity index (χ2n) is 4.85. The molecule has 0 aromatic heterocycles. The summed E-state index contributed by atoms with van der Waals surface area (Å²) in [6.45, 7) is 8.73. The minimum Gasteiger partial charge on any atom is -0.317 e. The number of hydrogen-bond donors (Lipinski definition) is 1. The number of benzene rings is 1. The summed E-state index contributed by atoms with van der Waals surface area (Å²) in [7, 11) is 2.17. The van der Waals surface area contributed by atoms with E-state index in [0.29, 0.717) is 12.1 Å². The first-order valence-corrected chi connectivity index (χ1v) is 7.12. The van der Waals surface area contributed by atoms with Gasteiger partial charge in [-0.25, -0.2) is 0 Å². The molecule has 18 heavy (non-hydrogen) atoms. The van der Waals surface area contributed by atoms with Crippen LogP contribution in [0, 0.1) is 0 Å². The number of rotatable bonds is 7. The monoisotopic (exact) mass is 268 g/mol. The summed E-state index contributed by atoms with van der Waals surface area (Å²) in [5.41, 5.74) is 1.21. The highest BCUT2D eigenvalue weighted by atomic mass is 35.5. The average molecular weight is 269 g/mol. The quantitative estimate of drug-likeness (QED) is 0.759. The summed E-state index contributed by atoms with van der Waals surface area (Å²) in [4.78, 5) is 2.39. The van der Waals surface area contributed by atoms with Gasteiger partial charge < -0.3 is 5.32 Å². The summed E-state index contributed by atoms with van der Waals surface area (Å²) in [6.07, 6.45) is 1.15. The van der Waals surface area contributed by atoms with Gasteiger partial charge in [-0.05, 0) is 52.0 Å². The SMILES string of the molecule is CCNCCC(C)N(C)C(C)c1ccccc1Cl. The second-order valence-corrected chi connectivity index (χ2v) is 5.26. The van der Waals surface area contributed by atoms with Gasteiger partial charge in [0.25, 0.3) is 0 Å². The van der Waals surface area contributed by atoms with Crippen LogP contribution in [-0.4, -0.2) is 31.1 Å². The number of nitrogens with one attached hydrogen (secondary N) is 1. The van der Waals surface area contributed by atoms with E-state index in [2.05, 4.69) is 50.2 Å². The van der Waals surface area contributed by atoms with Crippen molar-refractivity contribution >= 4 is 11.6 Å². The van der Waals surface area contributed by atoms with Gasteiger partial charge in [-0.15, -0.1) is 0 Å². The summed E-state index contributed by atoms with van der Waals surface area (Å²) >= 11 is 6.26. The fourth-order valence-corrected chi connectivity index (χ4v) is 2.40. The van der Waals surface area contributed by atoms with Gasteiger partial charge in [0.05, 0.1) is 0 Å². The van der Waals surface area contributed by atoms with Gasteiger partial charge in [0.2, 0.25) is 0 Å². The molecule has 1 N–H and O–H groups in total. The lowest BCUT2D eigenvalue weighted by Gasteiger charge is -2.31. The van der Waals surface area contributed by atoms with Crippen molar-refractivity contribution in [1.82, 2.24) is 10.2 Å². The zero-order valence-electron chi connectivity index (χ0n) is 11.9. The molecule has 0 radical (unpaired) electrons. The number of halogens is 1. The fraction of sp³-hybridized carbons (Fsp3) is 0.600. The van der Waals surface area contributed by atoms with Crippen molar-refractivity contribution in [2.45, 2.75) is 39.3 Å². The van der Waals surface area contributed by atoms with Gasteiger partial charge in [0.15, 0.2) is 0 Å². The van der Waals surface area contributed by atoms with Crippen LogP contribution in [-0.2, 0) is 0 Å². The van der Waals surface area contributed by atoms with E-state index in [1.807, 2.05) is 12.1 Å². The maximum atomic E-state index is 6.26. The largest absolute Gasteiger partial charge is 0.317 e. The van der Waals surface area contributed by atoms with Crippen LogP contribution >= 0.6 is 11.6 Å². The van der Waals surface area contributed by atoms with Crippen molar-refractivity contribution in [3.05, 3.63) is 34.9 Å². The molecule has 3 heteroatoms. The first kappa shape index (κ1) is 15.5. The van der Waals surface area contributed by atoms with Crippen molar-refractivity contribution in [3.8, 4) is 0 Å². The van der Waals surface area contributed by atoms with E-state index in [1.165, 1.54) is 5.56 Å². The van der Waals surface area contributed by atoms with Crippen molar-refractivity contribution in [1.29, 1.82) is 0 Å². The molecule has 0 heterocycles. The predicted molar refractivity (Wildman–Crippen MR) is 80.3 cm³/mol. The molecule has 1 aromatic carbocycles. The molecule has 102 valence electrons. The lowest BCUT2D eigenvalue weighted by molar-refractivity contribution is 0.188. The maximum absolute atomic E-state index is 6.26. The molecule has 0 saturated carbocycles. The lowest BCUT2D eigenvalue weighted by atomic mass is 10.0. The Morgan fingerprint density at radius 2 is 1.94 bits per heavy atom. The Kier molecular flexibility index (Phi) is 6.69. The van der Waals surface area contributed by atoms with E-state index < -0.39 is 0 Å². The average Bonchev–Trinajstić information content (AvgIpc) is 2.38. The molecule has 0 spiro atoms. The van der Waals surface area contributed by atoms with E-state index in [4.69, 9.17) is 11.6 Å². The number of hydrogen-bond acceptors (Lipinski definition) is 2. The summed E-state index contributed by atoms with van der Waals surface area (Å²) in [5, 5.41) is 4.23.